The highest BCUT2D eigenvalue weighted by Gasteiger charge is 2.38. The summed E-state index contributed by atoms with van der Waals surface area (Å²) in [6, 6.07) is 20.9. The zero-order chi connectivity index (χ0) is 25.6. The Labute approximate surface area is 200 Å². The molecule has 0 radical (unpaired) electrons. The Morgan fingerprint density at radius 3 is 2.26 bits per heavy atom. The number of nitrogens with one attached hydrogen (secondary N) is 1. The number of aliphatic carboxylic acids is 1. The first kappa shape index (κ1) is 25.7. The van der Waals surface area contributed by atoms with Crippen molar-refractivity contribution in [1.82, 2.24) is 24.9 Å². The fourth-order valence-electron chi connectivity index (χ4n) is 3.33. The van der Waals surface area contributed by atoms with E-state index in [-0.39, 0.29) is 0 Å². The van der Waals surface area contributed by atoms with Gasteiger partial charge in [-0.2, -0.15) is 23.4 Å². The van der Waals surface area contributed by atoms with Gasteiger partial charge in [0.15, 0.2) is 0 Å². The maximum absolute atomic E-state index is 10.6. The van der Waals surface area contributed by atoms with Crippen LogP contribution in [0, 0.1) is 13.8 Å². The number of carboxylic acid groups (broad SMARTS) is 1. The molecule has 35 heavy (non-hydrogen) atoms. The van der Waals surface area contributed by atoms with Gasteiger partial charge in [0.05, 0.1) is 22.8 Å². The summed E-state index contributed by atoms with van der Waals surface area (Å²) in [4.78, 5) is 8.90. The summed E-state index contributed by atoms with van der Waals surface area (Å²) in [5.74, 6) is -2.76. The van der Waals surface area contributed by atoms with Crippen LogP contribution in [-0.4, -0.2) is 36.8 Å². The lowest BCUT2D eigenvalue weighted by molar-refractivity contribution is -0.192. The van der Waals surface area contributed by atoms with Gasteiger partial charge < -0.3 is 10.4 Å². The Balaban J connectivity index is 0.000000429. The van der Waals surface area contributed by atoms with E-state index in [0.29, 0.717) is 0 Å². The highest BCUT2D eigenvalue weighted by atomic mass is 19.4. The van der Waals surface area contributed by atoms with Crippen LogP contribution < -0.4 is 5.32 Å². The van der Waals surface area contributed by atoms with Crippen LogP contribution in [0.15, 0.2) is 66.9 Å². The number of aromatic nitrogens is 4. The highest BCUT2D eigenvalue weighted by molar-refractivity contribution is 5.73. The van der Waals surface area contributed by atoms with Crippen LogP contribution in [0.4, 0.5) is 13.2 Å². The van der Waals surface area contributed by atoms with Gasteiger partial charge in [0.2, 0.25) is 0 Å². The average molecular weight is 486 g/mol. The van der Waals surface area contributed by atoms with Gasteiger partial charge in [0.1, 0.15) is 0 Å². The van der Waals surface area contributed by atoms with Crippen LogP contribution in [0.2, 0.25) is 0 Å². The van der Waals surface area contributed by atoms with Gasteiger partial charge in [-0.25, -0.2) is 9.48 Å². The Morgan fingerprint density at radius 2 is 1.69 bits per heavy atom. The summed E-state index contributed by atoms with van der Waals surface area (Å²) in [5, 5.41) is 19.8. The third kappa shape index (κ3) is 7.03. The van der Waals surface area contributed by atoms with Crippen LogP contribution in [0.3, 0.4) is 0 Å². The van der Waals surface area contributed by atoms with E-state index in [1.807, 2.05) is 53.8 Å². The molecule has 0 aliphatic heterocycles. The predicted molar refractivity (Wildman–Crippen MR) is 126 cm³/mol. The first-order chi connectivity index (χ1) is 16.5. The first-order valence-electron chi connectivity index (χ1n) is 10.8. The molecule has 184 valence electrons. The van der Waals surface area contributed by atoms with Crippen molar-refractivity contribution in [3.63, 3.8) is 0 Å². The maximum Gasteiger partial charge on any atom is 0.490 e. The summed E-state index contributed by atoms with van der Waals surface area (Å²) < 4.78 is 35.6. The number of alkyl halides is 3. The lowest BCUT2D eigenvalue weighted by atomic mass is 10.1. The Morgan fingerprint density at radius 1 is 1.00 bits per heavy atom. The lowest BCUT2D eigenvalue weighted by Crippen LogP contribution is -2.21. The normalized spacial score (nSPS) is 11.1. The molecule has 4 rings (SSSR count). The number of halogens is 3. The van der Waals surface area contributed by atoms with Gasteiger partial charge in [-0.05, 0) is 49.2 Å². The van der Waals surface area contributed by atoms with Crippen molar-refractivity contribution >= 4 is 5.97 Å². The third-order valence-electron chi connectivity index (χ3n) is 5.22. The first-order valence-corrected chi connectivity index (χ1v) is 10.8. The molecule has 0 aliphatic rings. The molecule has 4 aromatic rings. The lowest BCUT2D eigenvalue weighted by Gasteiger charge is -2.10. The minimum absolute atomic E-state index is 0.774. The molecule has 0 unspecified atom stereocenters. The van der Waals surface area contributed by atoms with Crippen LogP contribution in [0.1, 0.15) is 22.5 Å². The van der Waals surface area contributed by atoms with E-state index in [2.05, 4.69) is 58.8 Å². The summed E-state index contributed by atoms with van der Waals surface area (Å²) in [6.07, 6.45) is -3.09. The van der Waals surface area contributed by atoms with Crippen LogP contribution in [-0.2, 0) is 24.9 Å². The maximum atomic E-state index is 10.6. The Bertz CT molecular complexity index is 1280. The quantitative estimate of drug-likeness (QED) is 0.409. The molecule has 7 nitrogen and oxygen atoms in total. The number of nitrogens with zero attached hydrogens (tertiary/aromatic N) is 4. The second-order valence-electron chi connectivity index (χ2n) is 7.93. The molecule has 0 saturated carbocycles. The van der Waals surface area contributed by atoms with Gasteiger partial charge in [-0.3, -0.25) is 4.68 Å². The van der Waals surface area contributed by atoms with Crippen molar-refractivity contribution in [1.29, 1.82) is 0 Å². The number of carbonyl (C=O) groups is 1. The molecular formula is C25H26F3N5O2. The largest absolute Gasteiger partial charge is 0.490 e. The van der Waals surface area contributed by atoms with Crippen molar-refractivity contribution in [2.75, 3.05) is 0 Å². The summed E-state index contributed by atoms with van der Waals surface area (Å²) in [6.45, 7) is 5.74. The molecule has 0 saturated heterocycles. The van der Waals surface area contributed by atoms with Crippen LogP contribution >= 0.6 is 0 Å². The summed E-state index contributed by atoms with van der Waals surface area (Å²) in [5.41, 5.74) is 7.98. The fraction of sp³-hybridized carbons (Fsp3) is 0.240. The standard InChI is InChI=1S/C23H25N5.C2HF3O2/c1-17-13-21(28-12-11-18(2)25-28)10-9-20(17)15-24-16-22-14-23(26-27(22)3)19-7-5-4-6-8-19;3-2(4,5)1(6)7/h4-14,24H,15-16H2,1-3H3;(H,6,7). The molecule has 0 bridgehead atoms. The van der Waals surface area contributed by atoms with Crippen molar-refractivity contribution in [3.05, 3.63) is 89.4 Å². The zero-order valence-electron chi connectivity index (χ0n) is 19.5. The fourth-order valence-corrected chi connectivity index (χ4v) is 3.33. The topological polar surface area (TPSA) is 85.0 Å². The van der Waals surface area contributed by atoms with Crippen molar-refractivity contribution in [2.24, 2.45) is 7.05 Å². The van der Waals surface area contributed by atoms with Crippen LogP contribution in [0.5, 0.6) is 0 Å². The van der Waals surface area contributed by atoms with Crippen LogP contribution in [0.25, 0.3) is 16.9 Å². The van der Waals surface area contributed by atoms with E-state index in [0.717, 1.165) is 35.7 Å². The number of benzene rings is 2. The van der Waals surface area contributed by atoms with E-state index < -0.39 is 12.1 Å². The van der Waals surface area contributed by atoms with Gasteiger partial charge >= 0.3 is 12.1 Å². The number of carboxylic acids is 1. The smallest absolute Gasteiger partial charge is 0.475 e. The van der Waals surface area contributed by atoms with Gasteiger partial charge in [-0.15, -0.1) is 0 Å². The Kier molecular flexibility index (Phi) is 8.08. The van der Waals surface area contributed by atoms with Crippen molar-refractivity contribution in [3.8, 4) is 16.9 Å². The number of hydrogen-bond acceptors (Lipinski definition) is 4. The highest BCUT2D eigenvalue weighted by Crippen LogP contribution is 2.19. The summed E-state index contributed by atoms with van der Waals surface area (Å²) in [7, 11) is 2.00. The molecular weight excluding hydrogens is 459 g/mol. The predicted octanol–water partition coefficient (Wildman–Crippen LogP) is 4.81. The molecule has 10 heteroatoms. The minimum atomic E-state index is -5.08. The number of hydrogen-bond donors (Lipinski definition) is 2. The molecule has 0 amide bonds. The monoisotopic (exact) mass is 485 g/mol. The van der Waals surface area contributed by atoms with Gasteiger partial charge in [0, 0.05) is 31.9 Å². The SMILES string of the molecule is Cc1ccn(-c2ccc(CNCc3cc(-c4ccccc4)nn3C)c(C)c2)n1.O=C(O)C(F)(F)F. The molecule has 0 atom stereocenters. The third-order valence-corrected chi connectivity index (χ3v) is 5.22. The molecule has 2 N–H and O–H groups in total. The van der Waals surface area contributed by atoms with E-state index >= 15 is 0 Å². The molecule has 2 heterocycles. The van der Waals surface area contributed by atoms with Gasteiger partial charge in [-0.1, -0.05) is 36.4 Å². The molecule has 2 aromatic heterocycles. The molecule has 0 fully saturated rings. The van der Waals surface area contributed by atoms with Gasteiger partial charge in [0.25, 0.3) is 0 Å². The summed E-state index contributed by atoms with van der Waals surface area (Å²) >= 11 is 0. The molecule has 0 spiro atoms. The minimum Gasteiger partial charge on any atom is -0.475 e. The average Bonchev–Trinajstić information content (AvgIpc) is 3.41. The van der Waals surface area contributed by atoms with E-state index in [4.69, 9.17) is 9.90 Å². The van der Waals surface area contributed by atoms with E-state index in [1.165, 1.54) is 16.8 Å². The second kappa shape index (κ2) is 11.0. The Hall–Kier alpha value is -3.92. The number of aryl methyl sites for hydroxylation is 3. The molecule has 2 aromatic carbocycles. The van der Waals surface area contributed by atoms with E-state index in [1.54, 1.807) is 0 Å². The van der Waals surface area contributed by atoms with E-state index in [9.17, 15) is 13.2 Å². The molecule has 0 aliphatic carbocycles. The zero-order valence-corrected chi connectivity index (χ0v) is 19.5. The van der Waals surface area contributed by atoms with Crippen molar-refractivity contribution in [2.45, 2.75) is 33.1 Å². The van der Waals surface area contributed by atoms with Crippen molar-refractivity contribution < 1.29 is 23.1 Å². The second-order valence-corrected chi connectivity index (χ2v) is 7.93. The number of rotatable bonds is 6.